The van der Waals surface area contributed by atoms with E-state index in [-0.39, 0.29) is 17.5 Å². The molecule has 0 spiro atoms. The van der Waals surface area contributed by atoms with Crippen LogP contribution in [0.4, 0.5) is 16.2 Å². The van der Waals surface area contributed by atoms with E-state index < -0.39 is 0 Å². The Morgan fingerprint density at radius 3 is 1.97 bits per heavy atom. The number of anilines is 2. The molecule has 4 bridgehead atoms. The molecule has 196 valence electrons. The fraction of sp³-hybridized carbons (Fsp3) is 0.733. The summed E-state index contributed by atoms with van der Waals surface area (Å²) in [5.41, 5.74) is 2.47. The predicted octanol–water partition coefficient (Wildman–Crippen LogP) is 5.89. The number of hydrogen-bond donors (Lipinski definition) is 2. The Morgan fingerprint density at radius 2 is 1.39 bits per heavy atom. The average Bonchev–Trinajstić information content (AvgIpc) is 2.83. The fourth-order valence-electron chi connectivity index (χ4n) is 8.36. The minimum atomic E-state index is -0.110. The minimum Gasteiger partial charge on any atom is -0.371 e. The molecular formula is C30H44N4O2. The Morgan fingerprint density at radius 1 is 0.833 bits per heavy atom. The van der Waals surface area contributed by atoms with Gasteiger partial charge < -0.3 is 20.4 Å². The maximum Gasteiger partial charge on any atom is 0.319 e. The number of carbonyl (C=O) groups excluding carboxylic acids is 2. The van der Waals surface area contributed by atoms with Crippen LogP contribution in [0.1, 0.15) is 88.4 Å². The zero-order valence-corrected chi connectivity index (χ0v) is 22.2. The van der Waals surface area contributed by atoms with E-state index in [2.05, 4.69) is 35.4 Å². The van der Waals surface area contributed by atoms with Crippen molar-refractivity contribution in [3.8, 4) is 0 Å². The number of rotatable bonds is 4. The average molecular weight is 493 g/mol. The van der Waals surface area contributed by atoms with Crippen molar-refractivity contribution >= 4 is 23.3 Å². The van der Waals surface area contributed by atoms with Crippen molar-refractivity contribution in [1.82, 2.24) is 10.2 Å². The second kappa shape index (κ2) is 9.57. The van der Waals surface area contributed by atoms with Crippen LogP contribution in [-0.4, -0.2) is 48.6 Å². The maximum absolute atomic E-state index is 13.7. The maximum atomic E-state index is 13.7. The number of piperidine rings is 2. The first-order valence-corrected chi connectivity index (χ1v) is 14.6. The summed E-state index contributed by atoms with van der Waals surface area (Å²) >= 11 is 0. The number of carbonyl (C=O) groups is 2. The van der Waals surface area contributed by atoms with Gasteiger partial charge in [-0.1, -0.05) is 13.8 Å². The van der Waals surface area contributed by atoms with Crippen LogP contribution < -0.4 is 15.5 Å². The number of urea groups is 1. The molecule has 7 rings (SSSR count). The van der Waals surface area contributed by atoms with Gasteiger partial charge in [0, 0.05) is 43.1 Å². The van der Waals surface area contributed by atoms with E-state index in [0.717, 1.165) is 112 Å². The second-order valence-electron chi connectivity index (χ2n) is 13.2. The van der Waals surface area contributed by atoms with Gasteiger partial charge in [-0.25, -0.2) is 4.79 Å². The highest BCUT2D eigenvalue weighted by molar-refractivity contribution is 6.02. The van der Waals surface area contributed by atoms with Crippen molar-refractivity contribution in [2.75, 3.05) is 36.4 Å². The van der Waals surface area contributed by atoms with E-state index in [0.29, 0.717) is 5.92 Å². The molecule has 4 aliphatic carbocycles. The molecule has 0 atom stereocenters. The Labute approximate surface area is 216 Å². The molecule has 2 saturated heterocycles. The number of hydrogen-bond acceptors (Lipinski definition) is 3. The third-order valence-corrected chi connectivity index (χ3v) is 10.1. The zero-order valence-electron chi connectivity index (χ0n) is 22.2. The SMILES string of the molecule is CC1CCN(C(=O)c2cc(NC(=O)NC34CC5CC(CC(C5)C3)C4)ccc2N2CCC(C)CC2)CC1. The summed E-state index contributed by atoms with van der Waals surface area (Å²) in [7, 11) is 0. The second-order valence-corrected chi connectivity index (χ2v) is 13.2. The molecule has 1 aromatic rings. The lowest BCUT2D eigenvalue weighted by Gasteiger charge is -2.56. The van der Waals surface area contributed by atoms with Crippen molar-refractivity contribution in [1.29, 1.82) is 0 Å². The van der Waals surface area contributed by atoms with Gasteiger partial charge in [0.15, 0.2) is 0 Å². The summed E-state index contributed by atoms with van der Waals surface area (Å²) in [5, 5.41) is 6.54. The molecule has 2 heterocycles. The Bertz CT molecular complexity index is 955. The van der Waals surface area contributed by atoms with Crippen LogP contribution in [0.5, 0.6) is 0 Å². The van der Waals surface area contributed by atoms with Crippen molar-refractivity contribution in [3.63, 3.8) is 0 Å². The molecule has 0 unspecified atom stereocenters. The molecule has 3 amide bonds. The first-order chi connectivity index (χ1) is 17.4. The Kier molecular flexibility index (Phi) is 6.41. The number of benzene rings is 1. The predicted molar refractivity (Wildman–Crippen MR) is 144 cm³/mol. The first kappa shape index (κ1) is 24.1. The molecular weight excluding hydrogens is 448 g/mol. The first-order valence-electron chi connectivity index (χ1n) is 14.6. The standard InChI is InChI=1S/C30H44N4O2/c1-20-5-9-33(10-6-20)27-4-3-25(16-26(27)28(35)34-11-7-21(2)8-12-34)31-29(36)32-30-17-22-13-23(18-30)15-24(14-22)19-30/h3-4,16,20-24H,5-15,17-19H2,1-2H3,(H2,31,32,36). The molecule has 4 saturated carbocycles. The van der Waals surface area contributed by atoms with Gasteiger partial charge in [-0.2, -0.15) is 0 Å². The smallest absolute Gasteiger partial charge is 0.319 e. The molecule has 1 aromatic carbocycles. The topological polar surface area (TPSA) is 64.7 Å². The van der Waals surface area contributed by atoms with Crippen molar-refractivity contribution in [3.05, 3.63) is 23.8 Å². The highest BCUT2D eigenvalue weighted by Gasteiger charge is 2.51. The van der Waals surface area contributed by atoms with E-state index in [9.17, 15) is 9.59 Å². The van der Waals surface area contributed by atoms with Gasteiger partial charge >= 0.3 is 6.03 Å². The van der Waals surface area contributed by atoms with Gasteiger partial charge in [-0.3, -0.25) is 4.79 Å². The quantitative estimate of drug-likeness (QED) is 0.551. The van der Waals surface area contributed by atoms with Crippen molar-refractivity contribution < 1.29 is 9.59 Å². The molecule has 6 aliphatic rings. The summed E-state index contributed by atoms with van der Waals surface area (Å²) in [5.74, 6) is 3.90. The fourth-order valence-corrected chi connectivity index (χ4v) is 8.36. The summed E-state index contributed by atoms with van der Waals surface area (Å²) in [6.45, 7) is 8.19. The van der Waals surface area contributed by atoms with E-state index in [1.807, 2.05) is 17.0 Å². The summed E-state index contributed by atoms with van der Waals surface area (Å²) in [6, 6.07) is 5.88. The van der Waals surface area contributed by atoms with Crippen LogP contribution in [0.25, 0.3) is 0 Å². The third kappa shape index (κ3) is 4.84. The highest BCUT2D eigenvalue weighted by atomic mass is 16.2. The summed E-state index contributed by atoms with van der Waals surface area (Å²) in [4.78, 5) is 31.3. The zero-order chi connectivity index (χ0) is 24.9. The van der Waals surface area contributed by atoms with E-state index in [1.165, 1.54) is 19.3 Å². The lowest BCUT2D eigenvalue weighted by atomic mass is 9.53. The number of amides is 3. The van der Waals surface area contributed by atoms with Gasteiger partial charge in [0.25, 0.3) is 5.91 Å². The molecule has 6 nitrogen and oxygen atoms in total. The van der Waals surface area contributed by atoms with Crippen LogP contribution in [0.15, 0.2) is 18.2 Å². The van der Waals surface area contributed by atoms with E-state index >= 15 is 0 Å². The van der Waals surface area contributed by atoms with Crippen molar-refractivity contribution in [2.45, 2.75) is 83.6 Å². The molecule has 0 radical (unpaired) electrons. The third-order valence-electron chi connectivity index (χ3n) is 10.1. The molecule has 6 heteroatoms. The van der Waals surface area contributed by atoms with Crippen molar-refractivity contribution in [2.24, 2.45) is 29.6 Å². The molecule has 36 heavy (non-hydrogen) atoms. The number of likely N-dealkylation sites (tertiary alicyclic amines) is 1. The van der Waals surface area contributed by atoms with Crippen LogP contribution in [0, 0.1) is 29.6 Å². The molecule has 2 N–H and O–H groups in total. The Hall–Kier alpha value is -2.24. The lowest BCUT2D eigenvalue weighted by molar-refractivity contribution is -0.0127. The Balaban J connectivity index is 1.20. The summed E-state index contributed by atoms with van der Waals surface area (Å²) < 4.78 is 0. The van der Waals surface area contributed by atoms with E-state index in [4.69, 9.17) is 0 Å². The van der Waals surface area contributed by atoms with Gasteiger partial charge in [-0.05, 0) is 112 Å². The summed E-state index contributed by atoms with van der Waals surface area (Å²) in [6.07, 6.45) is 11.9. The minimum absolute atomic E-state index is 0.0214. The van der Waals surface area contributed by atoms with Gasteiger partial charge in [0.05, 0.1) is 5.56 Å². The number of nitrogens with one attached hydrogen (secondary N) is 2. The normalized spacial score (nSPS) is 32.6. The van der Waals surface area contributed by atoms with Crippen LogP contribution in [0.2, 0.25) is 0 Å². The molecule has 0 aromatic heterocycles. The van der Waals surface area contributed by atoms with Gasteiger partial charge in [-0.15, -0.1) is 0 Å². The van der Waals surface area contributed by atoms with Crippen LogP contribution >= 0.6 is 0 Å². The molecule has 2 aliphatic heterocycles. The number of nitrogens with zero attached hydrogens (tertiary/aromatic N) is 2. The van der Waals surface area contributed by atoms with Gasteiger partial charge in [0.1, 0.15) is 0 Å². The van der Waals surface area contributed by atoms with Crippen LogP contribution in [0.3, 0.4) is 0 Å². The monoisotopic (exact) mass is 492 g/mol. The molecule has 6 fully saturated rings. The van der Waals surface area contributed by atoms with E-state index in [1.54, 1.807) is 0 Å². The highest BCUT2D eigenvalue weighted by Crippen LogP contribution is 2.55. The van der Waals surface area contributed by atoms with Gasteiger partial charge in [0.2, 0.25) is 0 Å². The van der Waals surface area contributed by atoms with Crippen LogP contribution in [-0.2, 0) is 0 Å². The largest absolute Gasteiger partial charge is 0.371 e. The lowest BCUT2D eigenvalue weighted by Crippen LogP contribution is -2.60.